The number of halogens is 3. The van der Waals surface area contributed by atoms with Gasteiger partial charge in [0.25, 0.3) is 0 Å². The molecule has 2 rings (SSSR count). The lowest BCUT2D eigenvalue weighted by Gasteiger charge is -2.32. The Bertz CT molecular complexity index is 824. The lowest BCUT2D eigenvalue weighted by Crippen LogP contribution is -2.50. The number of aromatic nitrogens is 2. The molecule has 1 aromatic rings. The molecular weight excluding hydrogens is 349 g/mol. The highest BCUT2D eigenvalue weighted by Gasteiger charge is 2.52. The topological polar surface area (TPSA) is 128 Å². The van der Waals surface area contributed by atoms with Crippen molar-refractivity contribution in [2.24, 2.45) is 23.5 Å². The third-order valence-electron chi connectivity index (χ3n) is 3.47. The summed E-state index contributed by atoms with van der Waals surface area (Å²) in [7, 11) is -2.63. The van der Waals surface area contributed by atoms with Crippen LogP contribution in [0.3, 0.4) is 0 Å². The van der Waals surface area contributed by atoms with E-state index in [-0.39, 0.29) is 5.96 Å². The van der Waals surface area contributed by atoms with Crippen LogP contribution in [0.15, 0.2) is 28.0 Å². The fourth-order valence-corrected chi connectivity index (χ4v) is 3.41. The Morgan fingerprint density at radius 2 is 1.96 bits per heavy atom. The fourth-order valence-electron chi connectivity index (χ4n) is 2.20. The van der Waals surface area contributed by atoms with Crippen LogP contribution in [0.25, 0.3) is 0 Å². The highest BCUT2D eigenvalue weighted by Crippen LogP contribution is 2.42. The molecule has 0 aromatic carbocycles. The molecule has 0 radical (unpaired) electrons. The molecule has 1 aromatic heterocycles. The van der Waals surface area contributed by atoms with Crippen molar-refractivity contribution in [3.63, 3.8) is 0 Å². The molecule has 0 amide bonds. The zero-order valence-corrected chi connectivity index (χ0v) is 13.9. The zero-order chi connectivity index (χ0) is 18.5. The molecule has 0 saturated carbocycles. The van der Waals surface area contributed by atoms with E-state index >= 15 is 0 Å². The van der Waals surface area contributed by atoms with Crippen LogP contribution in [0.1, 0.15) is 19.4 Å². The van der Waals surface area contributed by atoms with E-state index in [0.29, 0.717) is 6.20 Å². The number of nitrogens with one attached hydrogen (secondary N) is 1. The summed E-state index contributed by atoms with van der Waals surface area (Å²) in [4.78, 5) is 3.63. The largest absolute Gasteiger partial charge is 0.418 e. The summed E-state index contributed by atoms with van der Waals surface area (Å²) in [5, 5.41) is 4.46. The summed E-state index contributed by atoms with van der Waals surface area (Å²) in [6, 6.07) is 0. The minimum atomic E-state index is -4.86. The van der Waals surface area contributed by atoms with Crippen LogP contribution < -0.4 is 16.8 Å². The van der Waals surface area contributed by atoms with Gasteiger partial charge in [-0.2, -0.15) is 18.3 Å². The average molecular weight is 366 g/mol. The second-order valence-corrected chi connectivity index (χ2v) is 8.00. The Morgan fingerprint density at radius 1 is 1.38 bits per heavy atom. The first kappa shape index (κ1) is 18.3. The fraction of sp³-hybridized carbons (Fsp3) is 0.500. The van der Waals surface area contributed by atoms with Gasteiger partial charge in [-0.25, -0.2) is 13.4 Å². The van der Waals surface area contributed by atoms with Gasteiger partial charge < -0.3 is 11.1 Å². The number of hydrogen-bond acceptors (Lipinski definition) is 7. The van der Waals surface area contributed by atoms with Gasteiger partial charge >= 0.3 is 6.18 Å². The summed E-state index contributed by atoms with van der Waals surface area (Å²) < 4.78 is 66.1. The van der Waals surface area contributed by atoms with Gasteiger partial charge in [-0.05, 0) is 13.8 Å². The van der Waals surface area contributed by atoms with Crippen LogP contribution in [0.5, 0.6) is 0 Å². The summed E-state index contributed by atoms with van der Waals surface area (Å²) in [6.07, 6.45) is -3.20. The monoisotopic (exact) mass is 366 g/mol. The Morgan fingerprint density at radius 3 is 2.46 bits per heavy atom. The van der Waals surface area contributed by atoms with Crippen molar-refractivity contribution in [1.82, 2.24) is 15.1 Å². The van der Waals surface area contributed by atoms with Gasteiger partial charge in [0.05, 0.1) is 16.4 Å². The van der Waals surface area contributed by atoms with Crippen molar-refractivity contribution in [3.05, 3.63) is 23.5 Å². The maximum absolute atomic E-state index is 13.4. The maximum atomic E-state index is 13.4. The number of alkyl halides is 3. The van der Waals surface area contributed by atoms with Crippen LogP contribution in [0.2, 0.25) is 0 Å². The average Bonchev–Trinajstić information content (AvgIpc) is 2.80. The van der Waals surface area contributed by atoms with Crippen LogP contribution in [0, 0.1) is 0 Å². The van der Waals surface area contributed by atoms with Gasteiger partial charge in [-0.3, -0.25) is 10.4 Å². The first-order valence-corrected chi connectivity index (χ1v) is 8.31. The van der Waals surface area contributed by atoms with E-state index in [1.54, 1.807) is 0 Å². The van der Waals surface area contributed by atoms with Crippen LogP contribution in [-0.4, -0.2) is 35.6 Å². The van der Waals surface area contributed by atoms with Gasteiger partial charge in [-0.1, -0.05) is 0 Å². The van der Waals surface area contributed by atoms with Crippen molar-refractivity contribution in [3.8, 4) is 0 Å². The molecule has 12 heteroatoms. The van der Waals surface area contributed by atoms with Crippen LogP contribution >= 0.6 is 0 Å². The summed E-state index contributed by atoms with van der Waals surface area (Å²) >= 11 is 0. The molecule has 0 fully saturated rings. The number of nitrogens with zero attached hydrogens (tertiary/aromatic N) is 3. The summed E-state index contributed by atoms with van der Waals surface area (Å²) in [6.45, 7) is 2.77. The minimum Gasteiger partial charge on any atom is -0.370 e. The second kappa shape index (κ2) is 5.48. The van der Waals surface area contributed by atoms with Crippen molar-refractivity contribution >= 4 is 15.8 Å². The van der Waals surface area contributed by atoms with Crippen LogP contribution in [-0.2, 0) is 22.5 Å². The van der Waals surface area contributed by atoms with E-state index in [4.69, 9.17) is 11.5 Å². The Kier molecular flexibility index (Phi) is 4.17. The smallest absolute Gasteiger partial charge is 0.370 e. The number of nitrogens with two attached hydrogens (primary N) is 2. The molecule has 1 atom stereocenters. The van der Waals surface area contributed by atoms with Gasteiger partial charge in [0, 0.05) is 19.4 Å². The standard InChI is InChI=1S/C12H17F3N6O2S/c1-6(2)24(22,23)9-7(5-21(3)20-9)11(17)8(12(13,14)15)4-18-10(16)19-11/h4-6H,17H2,1-3H3,(H3,16,18,19). The lowest BCUT2D eigenvalue weighted by atomic mass is 9.94. The van der Waals surface area contributed by atoms with E-state index in [9.17, 15) is 21.6 Å². The molecule has 0 spiro atoms. The van der Waals surface area contributed by atoms with Gasteiger partial charge in [-0.15, -0.1) is 0 Å². The number of sulfone groups is 1. The molecule has 2 heterocycles. The predicted octanol–water partition coefficient (Wildman–Crippen LogP) is 0.0778. The van der Waals surface area contributed by atoms with E-state index in [0.717, 1.165) is 10.9 Å². The third kappa shape index (κ3) is 2.86. The molecule has 0 saturated heterocycles. The van der Waals surface area contributed by atoms with E-state index in [2.05, 4.69) is 15.4 Å². The first-order chi connectivity index (χ1) is 10.8. The van der Waals surface area contributed by atoms with Gasteiger partial charge in [0.2, 0.25) is 0 Å². The Balaban J connectivity index is 2.78. The number of aliphatic imine (C=N–C) groups is 1. The Labute approximate surface area is 136 Å². The second-order valence-electron chi connectivity index (χ2n) is 5.58. The number of aryl methyl sites for hydroxylation is 1. The molecule has 5 N–H and O–H groups in total. The van der Waals surface area contributed by atoms with Gasteiger partial charge in [0.15, 0.2) is 26.5 Å². The third-order valence-corrected chi connectivity index (χ3v) is 5.55. The van der Waals surface area contributed by atoms with Crippen molar-refractivity contribution in [2.45, 2.75) is 36.0 Å². The minimum absolute atomic E-state index is 0.373. The van der Waals surface area contributed by atoms with E-state index in [1.807, 2.05) is 0 Å². The van der Waals surface area contributed by atoms with Crippen LogP contribution in [0.4, 0.5) is 13.2 Å². The summed E-state index contributed by atoms with van der Waals surface area (Å²) in [5.74, 6) is -0.373. The molecule has 1 aliphatic heterocycles. The predicted molar refractivity (Wildman–Crippen MR) is 80.3 cm³/mol. The maximum Gasteiger partial charge on any atom is 0.418 e. The normalized spacial score (nSPS) is 22.2. The quantitative estimate of drug-likeness (QED) is 0.695. The molecular formula is C12H17F3N6O2S. The summed E-state index contributed by atoms with van der Waals surface area (Å²) in [5.41, 5.74) is 7.14. The molecule has 1 unspecified atom stereocenters. The van der Waals surface area contributed by atoms with Crippen molar-refractivity contribution < 1.29 is 21.6 Å². The number of hydrogen-bond donors (Lipinski definition) is 3. The van der Waals surface area contributed by atoms with Crippen molar-refractivity contribution in [1.29, 1.82) is 0 Å². The number of guanidine groups is 1. The SMILES string of the molecule is CC(C)S(=O)(=O)c1nn(C)cc1C1(N)N=C(N)NC=C1C(F)(F)F. The lowest BCUT2D eigenvalue weighted by molar-refractivity contribution is -0.102. The van der Waals surface area contributed by atoms with E-state index in [1.165, 1.54) is 20.9 Å². The molecule has 24 heavy (non-hydrogen) atoms. The molecule has 1 aliphatic rings. The van der Waals surface area contributed by atoms with Crippen molar-refractivity contribution in [2.75, 3.05) is 0 Å². The molecule has 0 aliphatic carbocycles. The van der Waals surface area contributed by atoms with E-state index < -0.39 is 43.1 Å². The highest BCUT2D eigenvalue weighted by atomic mass is 32.2. The molecule has 8 nitrogen and oxygen atoms in total. The molecule has 0 bridgehead atoms. The molecule has 134 valence electrons. The first-order valence-electron chi connectivity index (χ1n) is 6.76. The zero-order valence-electron chi connectivity index (χ0n) is 13.1. The van der Waals surface area contributed by atoms with Gasteiger partial charge in [0.1, 0.15) is 0 Å². The highest BCUT2D eigenvalue weighted by molar-refractivity contribution is 7.92. The number of rotatable bonds is 3. The Hall–Kier alpha value is -2.08.